The number of carbonyl (C=O) groups excluding carboxylic acids is 2. The number of pyridine rings is 1. The standard InChI is InChI=1S/C25H20F2N4O4/c1-13-4-9-19(34-13)14-6-8-18-17(10-14)23(32)31(24(33)25(18,2)3)12-16-7-5-15(11-28-16)21-29-30-22(35-21)20(26)27/h4-11,20H,12H2,1-3H3. The van der Waals surface area contributed by atoms with Crippen LogP contribution in [0.5, 0.6) is 0 Å². The minimum absolute atomic E-state index is 0.0585. The molecule has 1 aliphatic heterocycles. The zero-order valence-corrected chi connectivity index (χ0v) is 19.1. The molecule has 0 N–H and O–H groups in total. The summed E-state index contributed by atoms with van der Waals surface area (Å²) in [6.45, 7) is 5.33. The molecule has 0 saturated carbocycles. The summed E-state index contributed by atoms with van der Waals surface area (Å²) in [5.74, 6) is -0.271. The number of hydrogen-bond acceptors (Lipinski definition) is 7. The summed E-state index contributed by atoms with van der Waals surface area (Å²) in [6, 6.07) is 12.2. The Labute approximate surface area is 198 Å². The molecule has 2 amide bonds. The summed E-state index contributed by atoms with van der Waals surface area (Å²) < 4.78 is 36.0. The number of halogens is 2. The van der Waals surface area contributed by atoms with Crippen LogP contribution in [0.15, 0.2) is 57.5 Å². The first kappa shape index (κ1) is 22.6. The third-order valence-electron chi connectivity index (χ3n) is 5.99. The van der Waals surface area contributed by atoms with Gasteiger partial charge in [0, 0.05) is 17.3 Å². The van der Waals surface area contributed by atoms with E-state index in [4.69, 9.17) is 8.83 Å². The van der Waals surface area contributed by atoms with Crippen molar-refractivity contribution >= 4 is 11.8 Å². The van der Waals surface area contributed by atoms with Crippen LogP contribution in [0.4, 0.5) is 8.78 Å². The highest BCUT2D eigenvalue weighted by atomic mass is 19.3. The number of furan rings is 1. The smallest absolute Gasteiger partial charge is 0.314 e. The molecular formula is C25H20F2N4O4. The van der Waals surface area contributed by atoms with Crippen molar-refractivity contribution in [2.45, 2.75) is 39.2 Å². The molecule has 0 bridgehead atoms. The van der Waals surface area contributed by atoms with Crippen LogP contribution in [0.25, 0.3) is 22.8 Å². The maximum atomic E-state index is 13.4. The van der Waals surface area contributed by atoms with Crippen molar-refractivity contribution in [3.8, 4) is 22.8 Å². The molecule has 5 rings (SSSR count). The van der Waals surface area contributed by atoms with Gasteiger partial charge in [0.15, 0.2) is 0 Å². The van der Waals surface area contributed by atoms with Crippen molar-refractivity contribution in [2.24, 2.45) is 0 Å². The summed E-state index contributed by atoms with van der Waals surface area (Å²) in [5.41, 5.74) is 1.64. The van der Waals surface area contributed by atoms with E-state index < -0.39 is 23.6 Å². The van der Waals surface area contributed by atoms with Gasteiger partial charge in [-0.25, -0.2) is 0 Å². The number of nitrogens with zero attached hydrogens (tertiary/aromatic N) is 4. The number of aryl methyl sites for hydroxylation is 1. The Hall–Kier alpha value is -4.21. The summed E-state index contributed by atoms with van der Waals surface area (Å²) in [4.78, 5) is 32.1. The second-order valence-electron chi connectivity index (χ2n) is 8.78. The summed E-state index contributed by atoms with van der Waals surface area (Å²) >= 11 is 0. The lowest BCUT2D eigenvalue weighted by Crippen LogP contribution is -2.51. The maximum absolute atomic E-state index is 13.4. The fourth-order valence-corrected chi connectivity index (χ4v) is 4.09. The van der Waals surface area contributed by atoms with Crippen LogP contribution in [0.3, 0.4) is 0 Å². The number of benzene rings is 1. The molecule has 0 unspecified atom stereocenters. The van der Waals surface area contributed by atoms with Crippen molar-refractivity contribution in [3.05, 3.63) is 77.1 Å². The summed E-state index contributed by atoms with van der Waals surface area (Å²) in [6.07, 6.45) is -1.50. The zero-order valence-electron chi connectivity index (χ0n) is 19.1. The van der Waals surface area contributed by atoms with Gasteiger partial charge in [-0.15, -0.1) is 10.2 Å². The number of aromatic nitrogens is 3. The van der Waals surface area contributed by atoms with E-state index >= 15 is 0 Å². The average Bonchev–Trinajstić information content (AvgIpc) is 3.51. The fourth-order valence-electron chi connectivity index (χ4n) is 4.09. The number of rotatable bonds is 5. The van der Waals surface area contributed by atoms with E-state index in [0.717, 1.165) is 11.3 Å². The van der Waals surface area contributed by atoms with E-state index in [0.29, 0.717) is 28.1 Å². The molecule has 10 heteroatoms. The van der Waals surface area contributed by atoms with Gasteiger partial charge in [-0.3, -0.25) is 19.5 Å². The number of fused-ring (bicyclic) bond motifs is 1. The number of amides is 2. The van der Waals surface area contributed by atoms with Gasteiger partial charge >= 0.3 is 6.43 Å². The Kier molecular flexibility index (Phi) is 5.31. The molecule has 1 aromatic carbocycles. The van der Waals surface area contributed by atoms with Crippen molar-refractivity contribution in [3.63, 3.8) is 0 Å². The van der Waals surface area contributed by atoms with Gasteiger partial charge in [0.2, 0.25) is 11.8 Å². The summed E-state index contributed by atoms with van der Waals surface area (Å²) in [7, 11) is 0. The Bertz CT molecular complexity index is 1440. The third-order valence-corrected chi connectivity index (χ3v) is 5.99. The van der Waals surface area contributed by atoms with E-state index in [9.17, 15) is 18.4 Å². The first-order valence-corrected chi connectivity index (χ1v) is 10.8. The second kappa shape index (κ2) is 8.23. The predicted octanol–water partition coefficient (Wildman–Crippen LogP) is 5.10. The molecule has 4 heterocycles. The van der Waals surface area contributed by atoms with Crippen LogP contribution in [0, 0.1) is 6.92 Å². The number of imide groups is 1. The highest BCUT2D eigenvalue weighted by molar-refractivity contribution is 6.13. The quantitative estimate of drug-likeness (QED) is 0.368. The van der Waals surface area contributed by atoms with Crippen LogP contribution in [-0.4, -0.2) is 31.9 Å². The molecule has 0 fully saturated rings. The van der Waals surface area contributed by atoms with Crippen LogP contribution in [0.1, 0.15) is 53.5 Å². The molecule has 35 heavy (non-hydrogen) atoms. The lowest BCUT2D eigenvalue weighted by molar-refractivity contribution is -0.134. The molecule has 178 valence electrons. The Morgan fingerprint density at radius 2 is 1.77 bits per heavy atom. The monoisotopic (exact) mass is 478 g/mol. The van der Waals surface area contributed by atoms with Crippen LogP contribution < -0.4 is 0 Å². The molecule has 3 aromatic heterocycles. The number of carbonyl (C=O) groups is 2. The maximum Gasteiger partial charge on any atom is 0.314 e. The summed E-state index contributed by atoms with van der Waals surface area (Å²) in [5, 5.41) is 6.89. The molecule has 1 aliphatic rings. The Morgan fingerprint density at radius 1 is 1.00 bits per heavy atom. The van der Waals surface area contributed by atoms with E-state index in [1.54, 1.807) is 38.1 Å². The second-order valence-corrected chi connectivity index (χ2v) is 8.78. The largest absolute Gasteiger partial charge is 0.461 e. The number of alkyl halides is 2. The topological polar surface area (TPSA) is 102 Å². The molecular weight excluding hydrogens is 458 g/mol. The molecule has 0 saturated heterocycles. The molecule has 0 atom stereocenters. The minimum Gasteiger partial charge on any atom is -0.461 e. The normalized spacial score (nSPS) is 15.1. The highest BCUT2D eigenvalue weighted by Crippen LogP contribution is 2.37. The van der Waals surface area contributed by atoms with Gasteiger partial charge in [0.05, 0.1) is 23.2 Å². The van der Waals surface area contributed by atoms with Crippen LogP contribution in [-0.2, 0) is 16.8 Å². The van der Waals surface area contributed by atoms with Crippen molar-refractivity contribution in [2.75, 3.05) is 0 Å². The van der Waals surface area contributed by atoms with Gasteiger partial charge in [0.1, 0.15) is 11.5 Å². The molecule has 0 spiro atoms. The Balaban J connectivity index is 1.44. The lowest BCUT2D eigenvalue weighted by atomic mass is 9.76. The molecule has 8 nitrogen and oxygen atoms in total. The van der Waals surface area contributed by atoms with Gasteiger partial charge in [-0.05, 0) is 56.7 Å². The number of hydrogen-bond donors (Lipinski definition) is 0. The Morgan fingerprint density at radius 3 is 2.40 bits per heavy atom. The minimum atomic E-state index is -2.87. The highest BCUT2D eigenvalue weighted by Gasteiger charge is 2.44. The van der Waals surface area contributed by atoms with Gasteiger partial charge < -0.3 is 8.83 Å². The van der Waals surface area contributed by atoms with Crippen molar-refractivity contribution in [1.29, 1.82) is 0 Å². The average molecular weight is 478 g/mol. The first-order valence-electron chi connectivity index (χ1n) is 10.8. The van der Waals surface area contributed by atoms with E-state index in [-0.39, 0.29) is 18.3 Å². The molecule has 0 radical (unpaired) electrons. The predicted molar refractivity (Wildman–Crippen MR) is 119 cm³/mol. The van der Waals surface area contributed by atoms with Gasteiger partial charge in [-0.1, -0.05) is 12.1 Å². The van der Waals surface area contributed by atoms with Crippen LogP contribution in [0.2, 0.25) is 0 Å². The zero-order chi connectivity index (χ0) is 24.9. The third kappa shape index (κ3) is 3.90. The van der Waals surface area contributed by atoms with Crippen molar-refractivity contribution < 1.29 is 27.2 Å². The lowest BCUT2D eigenvalue weighted by Gasteiger charge is -2.37. The van der Waals surface area contributed by atoms with E-state index in [1.165, 1.54) is 11.1 Å². The SMILES string of the molecule is Cc1ccc(-c2ccc3c(c2)C(=O)N(Cc2ccc(-c4nnc(C(F)F)o4)cn2)C(=O)C3(C)C)o1. The van der Waals surface area contributed by atoms with Gasteiger partial charge in [-0.2, -0.15) is 8.78 Å². The van der Waals surface area contributed by atoms with Crippen LogP contribution >= 0.6 is 0 Å². The fraction of sp³-hybridized carbons (Fsp3) is 0.240. The first-order chi connectivity index (χ1) is 16.6. The van der Waals surface area contributed by atoms with E-state index in [1.807, 2.05) is 25.1 Å². The molecule has 0 aliphatic carbocycles. The van der Waals surface area contributed by atoms with Crippen molar-refractivity contribution in [1.82, 2.24) is 20.1 Å². The van der Waals surface area contributed by atoms with E-state index in [2.05, 4.69) is 15.2 Å². The molecule has 4 aromatic rings. The van der Waals surface area contributed by atoms with Gasteiger partial charge in [0.25, 0.3) is 11.8 Å².